The van der Waals surface area contributed by atoms with Crippen molar-refractivity contribution < 1.29 is 9.90 Å². The maximum absolute atomic E-state index is 10.6. The first kappa shape index (κ1) is 8.75. The van der Waals surface area contributed by atoms with Crippen LogP contribution in [-0.4, -0.2) is 11.1 Å². The van der Waals surface area contributed by atoms with E-state index in [1.54, 1.807) is 11.3 Å². The molecule has 0 radical (unpaired) electrons. The van der Waals surface area contributed by atoms with Gasteiger partial charge in [-0.25, -0.2) is 0 Å². The van der Waals surface area contributed by atoms with Crippen molar-refractivity contribution in [1.29, 1.82) is 0 Å². The maximum Gasteiger partial charge on any atom is 0.308 e. The summed E-state index contributed by atoms with van der Waals surface area (Å²) in [6.07, 6.45) is 2.68. The third-order valence-corrected chi connectivity index (χ3v) is 3.36. The quantitative estimate of drug-likeness (QED) is 0.806. The van der Waals surface area contributed by atoms with E-state index in [0.29, 0.717) is 5.92 Å². The third kappa shape index (κ3) is 1.91. The summed E-state index contributed by atoms with van der Waals surface area (Å²) in [6, 6.07) is 2.15. The zero-order chi connectivity index (χ0) is 9.42. The Kier molecular flexibility index (Phi) is 2.12. The summed E-state index contributed by atoms with van der Waals surface area (Å²) in [4.78, 5) is 12.9. The van der Waals surface area contributed by atoms with Gasteiger partial charge in [0.2, 0.25) is 0 Å². The molecular weight excluding hydrogens is 184 g/mol. The Labute approximate surface area is 81.2 Å². The molecule has 0 aromatic carbocycles. The number of carbonyl (C=O) groups is 1. The van der Waals surface area contributed by atoms with Crippen molar-refractivity contribution >= 4 is 17.3 Å². The van der Waals surface area contributed by atoms with Gasteiger partial charge in [0.05, 0.1) is 6.42 Å². The largest absolute Gasteiger partial charge is 0.481 e. The molecule has 0 bridgehead atoms. The molecule has 1 saturated carbocycles. The van der Waals surface area contributed by atoms with Crippen LogP contribution in [0.4, 0.5) is 0 Å². The topological polar surface area (TPSA) is 37.3 Å². The van der Waals surface area contributed by atoms with Crippen LogP contribution in [0.2, 0.25) is 0 Å². The SMILES string of the molecule is Cc1cc(C2CC2)c(CC(=O)O)s1. The van der Waals surface area contributed by atoms with Crippen LogP contribution in [0.1, 0.15) is 34.1 Å². The Balaban J connectivity index is 2.25. The molecule has 0 unspecified atom stereocenters. The van der Waals surface area contributed by atoms with E-state index in [4.69, 9.17) is 5.11 Å². The molecule has 2 nitrogen and oxygen atoms in total. The highest BCUT2D eigenvalue weighted by atomic mass is 32.1. The van der Waals surface area contributed by atoms with Gasteiger partial charge in [-0.3, -0.25) is 4.79 Å². The van der Waals surface area contributed by atoms with Gasteiger partial charge in [0.15, 0.2) is 0 Å². The number of hydrogen-bond acceptors (Lipinski definition) is 2. The first-order valence-corrected chi connectivity index (χ1v) is 5.29. The summed E-state index contributed by atoms with van der Waals surface area (Å²) >= 11 is 1.63. The third-order valence-electron chi connectivity index (χ3n) is 2.29. The first-order valence-electron chi connectivity index (χ1n) is 4.48. The minimum atomic E-state index is -0.719. The number of carboxylic acid groups (broad SMARTS) is 1. The van der Waals surface area contributed by atoms with Crippen molar-refractivity contribution in [2.75, 3.05) is 0 Å². The second-order valence-electron chi connectivity index (χ2n) is 3.58. The van der Waals surface area contributed by atoms with Crippen LogP contribution in [0.25, 0.3) is 0 Å². The minimum Gasteiger partial charge on any atom is -0.481 e. The van der Waals surface area contributed by atoms with Crippen molar-refractivity contribution in [3.05, 3.63) is 21.4 Å². The Morgan fingerprint density at radius 3 is 2.92 bits per heavy atom. The monoisotopic (exact) mass is 196 g/mol. The van der Waals surface area contributed by atoms with Crippen LogP contribution in [0.5, 0.6) is 0 Å². The summed E-state index contributed by atoms with van der Waals surface area (Å²) in [5.41, 5.74) is 1.30. The zero-order valence-corrected chi connectivity index (χ0v) is 8.36. The highest BCUT2D eigenvalue weighted by molar-refractivity contribution is 7.12. The van der Waals surface area contributed by atoms with Gasteiger partial charge in [0, 0.05) is 9.75 Å². The molecule has 1 aliphatic rings. The summed E-state index contributed by atoms with van der Waals surface area (Å²) in [5.74, 6) is -0.0527. The van der Waals surface area contributed by atoms with Crippen LogP contribution in [-0.2, 0) is 11.2 Å². The maximum atomic E-state index is 10.6. The molecule has 0 atom stereocenters. The van der Waals surface area contributed by atoms with Gasteiger partial charge >= 0.3 is 5.97 Å². The number of carboxylic acids is 1. The van der Waals surface area contributed by atoms with E-state index < -0.39 is 5.97 Å². The average molecular weight is 196 g/mol. The van der Waals surface area contributed by atoms with Crippen LogP contribution in [0.15, 0.2) is 6.07 Å². The van der Waals surface area contributed by atoms with E-state index >= 15 is 0 Å². The molecule has 0 amide bonds. The summed E-state index contributed by atoms with van der Waals surface area (Å²) in [7, 11) is 0. The molecular formula is C10H12O2S. The second kappa shape index (κ2) is 3.14. The van der Waals surface area contributed by atoms with Crippen molar-refractivity contribution in [1.82, 2.24) is 0 Å². The van der Waals surface area contributed by atoms with Gasteiger partial charge in [-0.1, -0.05) is 0 Å². The molecule has 3 heteroatoms. The van der Waals surface area contributed by atoms with Crippen molar-refractivity contribution in [2.24, 2.45) is 0 Å². The van der Waals surface area contributed by atoms with Gasteiger partial charge in [-0.2, -0.15) is 0 Å². The number of rotatable bonds is 3. The van der Waals surface area contributed by atoms with Gasteiger partial charge in [0.25, 0.3) is 0 Å². The lowest BCUT2D eigenvalue weighted by Gasteiger charge is -1.96. The van der Waals surface area contributed by atoms with Crippen molar-refractivity contribution in [3.63, 3.8) is 0 Å². The fourth-order valence-corrected chi connectivity index (χ4v) is 2.71. The van der Waals surface area contributed by atoms with Crippen molar-refractivity contribution in [3.8, 4) is 0 Å². The molecule has 1 aliphatic carbocycles. The Bertz CT molecular complexity index is 337. The van der Waals surface area contributed by atoms with Gasteiger partial charge in [0.1, 0.15) is 0 Å². The summed E-state index contributed by atoms with van der Waals surface area (Å²) in [6.45, 7) is 2.04. The molecule has 70 valence electrons. The van der Waals surface area contributed by atoms with Crippen LogP contribution in [0.3, 0.4) is 0 Å². The molecule has 2 rings (SSSR count). The van der Waals surface area contributed by atoms with Crippen LogP contribution in [0, 0.1) is 6.92 Å². The second-order valence-corrected chi connectivity index (χ2v) is 4.92. The van der Waals surface area contributed by atoms with E-state index in [-0.39, 0.29) is 6.42 Å². The normalized spacial score (nSPS) is 16.1. The predicted octanol–water partition coefficient (Wildman–Crippen LogP) is 2.56. The van der Waals surface area contributed by atoms with E-state index in [2.05, 4.69) is 6.07 Å². The predicted molar refractivity (Wildman–Crippen MR) is 52.4 cm³/mol. The number of aliphatic carboxylic acids is 1. The molecule has 1 aromatic heterocycles. The number of aryl methyl sites for hydroxylation is 1. The lowest BCUT2D eigenvalue weighted by molar-refractivity contribution is -0.136. The fourth-order valence-electron chi connectivity index (χ4n) is 1.60. The average Bonchev–Trinajstić information content (AvgIpc) is 2.77. The molecule has 0 saturated heterocycles. The number of thiophene rings is 1. The number of hydrogen-bond donors (Lipinski definition) is 1. The van der Waals surface area contributed by atoms with Gasteiger partial charge in [-0.15, -0.1) is 11.3 Å². The lowest BCUT2D eigenvalue weighted by atomic mass is 10.1. The van der Waals surface area contributed by atoms with Gasteiger partial charge < -0.3 is 5.11 Å². The first-order chi connectivity index (χ1) is 6.16. The highest BCUT2D eigenvalue weighted by Gasteiger charge is 2.27. The Hall–Kier alpha value is -0.830. The van der Waals surface area contributed by atoms with Crippen LogP contribution >= 0.6 is 11.3 Å². The molecule has 1 N–H and O–H groups in total. The van der Waals surface area contributed by atoms with E-state index in [0.717, 1.165) is 4.88 Å². The van der Waals surface area contributed by atoms with E-state index in [1.165, 1.54) is 23.3 Å². The van der Waals surface area contributed by atoms with E-state index in [9.17, 15) is 4.79 Å². The minimum absolute atomic E-state index is 0.199. The molecule has 1 heterocycles. The van der Waals surface area contributed by atoms with E-state index in [1.807, 2.05) is 6.92 Å². The highest BCUT2D eigenvalue weighted by Crippen LogP contribution is 2.44. The summed E-state index contributed by atoms with van der Waals surface area (Å²) < 4.78 is 0. The Morgan fingerprint density at radius 2 is 2.38 bits per heavy atom. The van der Waals surface area contributed by atoms with Crippen molar-refractivity contribution in [2.45, 2.75) is 32.1 Å². The molecule has 0 aliphatic heterocycles. The lowest BCUT2D eigenvalue weighted by Crippen LogP contribution is -1.99. The molecule has 1 fully saturated rings. The molecule has 1 aromatic rings. The summed E-state index contributed by atoms with van der Waals surface area (Å²) in [5, 5.41) is 8.71. The smallest absolute Gasteiger partial charge is 0.308 e. The molecule has 0 spiro atoms. The molecule has 13 heavy (non-hydrogen) atoms. The van der Waals surface area contributed by atoms with Crippen LogP contribution < -0.4 is 0 Å². The Morgan fingerprint density at radius 1 is 1.69 bits per heavy atom. The fraction of sp³-hybridized carbons (Fsp3) is 0.500. The van der Waals surface area contributed by atoms with Gasteiger partial charge in [-0.05, 0) is 37.3 Å². The standard InChI is InChI=1S/C10H12O2S/c1-6-4-8(7-2-3-7)9(13-6)5-10(11)12/h4,7H,2-3,5H2,1H3,(H,11,12). The zero-order valence-electron chi connectivity index (χ0n) is 7.54.